The van der Waals surface area contributed by atoms with Gasteiger partial charge in [-0.05, 0) is 19.3 Å². The summed E-state index contributed by atoms with van der Waals surface area (Å²) in [5.41, 5.74) is 5.53. The first-order chi connectivity index (χ1) is 9.95. The van der Waals surface area contributed by atoms with Crippen molar-refractivity contribution in [2.75, 3.05) is 18.9 Å². The highest BCUT2D eigenvalue weighted by molar-refractivity contribution is 6.34. The topological polar surface area (TPSA) is 110 Å². The predicted molar refractivity (Wildman–Crippen MR) is 78.3 cm³/mol. The van der Waals surface area contributed by atoms with Gasteiger partial charge in [-0.1, -0.05) is 11.6 Å². The van der Waals surface area contributed by atoms with Crippen molar-refractivity contribution in [3.05, 3.63) is 32.8 Å². The molecular weight excluding hydrogens is 298 g/mol. The van der Waals surface area contributed by atoms with Crippen LogP contribution in [-0.2, 0) is 0 Å². The summed E-state index contributed by atoms with van der Waals surface area (Å²) >= 11 is 5.87. The van der Waals surface area contributed by atoms with Gasteiger partial charge >= 0.3 is 0 Å². The van der Waals surface area contributed by atoms with Crippen LogP contribution in [0.5, 0.6) is 0 Å². The van der Waals surface area contributed by atoms with Crippen molar-refractivity contribution in [3.63, 3.8) is 0 Å². The maximum atomic E-state index is 12.6. The largest absolute Gasteiger partial charge is 0.397 e. The summed E-state index contributed by atoms with van der Waals surface area (Å²) in [6.45, 7) is 0.345. The highest BCUT2D eigenvalue weighted by atomic mass is 35.5. The molecule has 1 amide bonds. The Bertz CT molecular complexity index is 579. The van der Waals surface area contributed by atoms with Crippen LogP contribution in [0, 0.1) is 10.1 Å². The van der Waals surface area contributed by atoms with Crippen molar-refractivity contribution in [3.8, 4) is 0 Å². The van der Waals surface area contributed by atoms with Gasteiger partial charge < -0.3 is 15.7 Å². The average molecular weight is 314 g/mol. The molecule has 2 rings (SSSR count). The number of nitro benzene ring substituents is 1. The summed E-state index contributed by atoms with van der Waals surface area (Å²) in [5, 5.41) is 20.2. The molecule has 1 atom stereocenters. The Morgan fingerprint density at radius 1 is 1.52 bits per heavy atom. The monoisotopic (exact) mass is 313 g/mol. The zero-order valence-corrected chi connectivity index (χ0v) is 12.0. The Labute approximate surface area is 126 Å². The van der Waals surface area contributed by atoms with Crippen LogP contribution in [-0.4, -0.2) is 40.0 Å². The lowest BCUT2D eigenvalue weighted by atomic mass is 10.0. The Kier molecular flexibility index (Phi) is 4.64. The summed E-state index contributed by atoms with van der Waals surface area (Å²) in [4.78, 5) is 24.3. The molecule has 0 spiro atoms. The number of piperidine rings is 1. The van der Waals surface area contributed by atoms with E-state index in [1.54, 1.807) is 0 Å². The van der Waals surface area contributed by atoms with E-state index in [0.29, 0.717) is 13.0 Å². The first kappa shape index (κ1) is 15.5. The van der Waals surface area contributed by atoms with Crippen molar-refractivity contribution in [2.45, 2.75) is 25.3 Å². The van der Waals surface area contributed by atoms with Gasteiger partial charge in [0.15, 0.2) is 0 Å². The fourth-order valence-electron chi connectivity index (χ4n) is 2.50. The first-order valence-electron chi connectivity index (χ1n) is 6.61. The minimum atomic E-state index is -0.623. The highest BCUT2D eigenvalue weighted by Crippen LogP contribution is 2.31. The van der Waals surface area contributed by atoms with Gasteiger partial charge in [-0.3, -0.25) is 14.9 Å². The first-order valence-corrected chi connectivity index (χ1v) is 6.98. The minimum absolute atomic E-state index is 0.00884. The number of carbonyl (C=O) groups is 1. The lowest BCUT2D eigenvalue weighted by Gasteiger charge is -2.34. The second-order valence-corrected chi connectivity index (χ2v) is 5.38. The molecule has 0 bridgehead atoms. The van der Waals surface area contributed by atoms with E-state index in [2.05, 4.69) is 0 Å². The summed E-state index contributed by atoms with van der Waals surface area (Å²) < 4.78 is 0. The van der Waals surface area contributed by atoms with Gasteiger partial charge in [0.2, 0.25) is 0 Å². The Balaban J connectivity index is 2.40. The predicted octanol–water partition coefficient (Wildman–Crippen LogP) is 1.82. The average Bonchev–Trinajstić information content (AvgIpc) is 2.48. The third-order valence-corrected chi connectivity index (χ3v) is 3.97. The zero-order valence-electron chi connectivity index (χ0n) is 11.3. The van der Waals surface area contributed by atoms with Crippen LogP contribution >= 0.6 is 11.6 Å². The van der Waals surface area contributed by atoms with E-state index in [1.807, 2.05) is 0 Å². The number of benzene rings is 1. The maximum absolute atomic E-state index is 12.6. The number of nitrogen functional groups attached to an aromatic ring is 1. The van der Waals surface area contributed by atoms with E-state index >= 15 is 0 Å². The van der Waals surface area contributed by atoms with Crippen molar-refractivity contribution >= 4 is 28.9 Å². The quantitative estimate of drug-likeness (QED) is 0.502. The van der Waals surface area contributed by atoms with Gasteiger partial charge in [0.1, 0.15) is 0 Å². The maximum Gasteiger partial charge on any atom is 0.271 e. The van der Waals surface area contributed by atoms with E-state index in [4.69, 9.17) is 17.3 Å². The van der Waals surface area contributed by atoms with Crippen LogP contribution in [0.1, 0.15) is 29.6 Å². The fourth-order valence-corrected chi connectivity index (χ4v) is 2.71. The molecule has 21 heavy (non-hydrogen) atoms. The summed E-state index contributed by atoms with van der Waals surface area (Å²) in [5.74, 6) is -0.433. The van der Waals surface area contributed by atoms with Crippen molar-refractivity contribution in [1.29, 1.82) is 0 Å². The molecule has 1 aromatic rings. The fraction of sp³-hybridized carbons (Fsp3) is 0.462. The van der Waals surface area contributed by atoms with Gasteiger partial charge in [-0.15, -0.1) is 0 Å². The van der Waals surface area contributed by atoms with Gasteiger partial charge in [0.05, 0.1) is 33.8 Å². The molecule has 8 heteroatoms. The molecule has 1 saturated heterocycles. The van der Waals surface area contributed by atoms with E-state index in [-0.39, 0.29) is 34.6 Å². The summed E-state index contributed by atoms with van der Waals surface area (Å²) in [6.07, 6.45) is 2.45. The van der Waals surface area contributed by atoms with Crippen LogP contribution in [0.2, 0.25) is 5.02 Å². The number of nitrogens with zero attached hydrogens (tertiary/aromatic N) is 2. The molecule has 1 aliphatic rings. The standard InChI is InChI=1S/C13H16ClN3O4/c14-11-6-9(17(20)21)5-10(12(11)15)13(19)16-4-2-1-3-8(16)7-18/h5-6,8,18H,1-4,7,15H2. The number of aliphatic hydroxyl groups excluding tert-OH is 1. The number of carbonyl (C=O) groups excluding carboxylic acids is 1. The number of nitrogens with two attached hydrogens (primary N) is 1. The Morgan fingerprint density at radius 2 is 2.24 bits per heavy atom. The molecule has 1 aliphatic heterocycles. The van der Waals surface area contributed by atoms with E-state index in [9.17, 15) is 20.0 Å². The number of anilines is 1. The third kappa shape index (κ3) is 3.08. The number of hydrogen-bond donors (Lipinski definition) is 2. The smallest absolute Gasteiger partial charge is 0.271 e. The Hall–Kier alpha value is -1.86. The second-order valence-electron chi connectivity index (χ2n) is 4.98. The SMILES string of the molecule is Nc1c(Cl)cc([N+](=O)[O-])cc1C(=O)N1CCCCC1CO. The number of amides is 1. The number of rotatable bonds is 3. The molecule has 1 heterocycles. The van der Waals surface area contributed by atoms with Crippen molar-refractivity contribution < 1.29 is 14.8 Å². The van der Waals surface area contributed by atoms with E-state index in [0.717, 1.165) is 25.0 Å². The number of halogens is 1. The molecule has 1 unspecified atom stereocenters. The molecule has 0 saturated carbocycles. The molecule has 7 nitrogen and oxygen atoms in total. The van der Waals surface area contributed by atoms with Gasteiger partial charge in [0.25, 0.3) is 11.6 Å². The van der Waals surface area contributed by atoms with Gasteiger partial charge in [0, 0.05) is 18.7 Å². The molecule has 1 fully saturated rings. The molecule has 0 radical (unpaired) electrons. The van der Waals surface area contributed by atoms with E-state index in [1.165, 1.54) is 4.90 Å². The molecule has 0 aliphatic carbocycles. The highest BCUT2D eigenvalue weighted by Gasteiger charge is 2.29. The van der Waals surface area contributed by atoms with Crippen molar-refractivity contribution in [1.82, 2.24) is 4.90 Å². The minimum Gasteiger partial charge on any atom is -0.397 e. The van der Waals surface area contributed by atoms with Crippen LogP contribution in [0.3, 0.4) is 0 Å². The number of non-ortho nitro benzene ring substituents is 1. The third-order valence-electron chi connectivity index (χ3n) is 3.65. The van der Waals surface area contributed by atoms with Crippen molar-refractivity contribution in [2.24, 2.45) is 0 Å². The lowest BCUT2D eigenvalue weighted by Crippen LogP contribution is -2.45. The summed E-state index contributed by atoms with van der Waals surface area (Å²) in [6, 6.07) is 1.96. The molecule has 114 valence electrons. The van der Waals surface area contributed by atoms with Gasteiger partial charge in [-0.25, -0.2) is 0 Å². The van der Waals surface area contributed by atoms with Gasteiger partial charge in [-0.2, -0.15) is 0 Å². The number of aliphatic hydroxyl groups is 1. The Morgan fingerprint density at radius 3 is 2.86 bits per heavy atom. The normalized spacial score (nSPS) is 18.6. The van der Waals surface area contributed by atoms with E-state index < -0.39 is 10.8 Å². The van der Waals surface area contributed by atoms with Crippen LogP contribution in [0.25, 0.3) is 0 Å². The summed E-state index contributed by atoms with van der Waals surface area (Å²) in [7, 11) is 0. The number of hydrogen-bond acceptors (Lipinski definition) is 5. The van der Waals surface area contributed by atoms with Crippen LogP contribution < -0.4 is 5.73 Å². The number of likely N-dealkylation sites (tertiary alicyclic amines) is 1. The second kappa shape index (κ2) is 6.28. The number of nitro groups is 1. The molecule has 0 aromatic heterocycles. The lowest BCUT2D eigenvalue weighted by molar-refractivity contribution is -0.384. The van der Waals surface area contributed by atoms with Crippen LogP contribution in [0.4, 0.5) is 11.4 Å². The molecule has 3 N–H and O–H groups in total. The molecule has 1 aromatic carbocycles. The van der Waals surface area contributed by atoms with Crippen LogP contribution in [0.15, 0.2) is 12.1 Å². The molecular formula is C13H16ClN3O4. The zero-order chi connectivity index (χ0) is 15.6.